The smallest absolute Gasteiger partial charge is 0.289 e. The molecule has 138 valence electrons. The van der Waals surface area contributed by atoms with Crippen molar-refractivity contribution in [3.05, 3.63) is 59.0 Å². The summed E-state index contributed by atoms with van der Waals surface area (Å²) in [7, 11) is 1.58. The highest BCUT2D eigenvalue weighted by Gasteiger charge is 2.23. The van der Waals surface area contributed by atoms with Gasteiger partial charge in [0.1, 0.15) is 17.3 Å². The van der Waals surface area contributed by atoms with Gasteiger partial charge in [-0.1, -0.05) is 18.2 Å². The number of nitrogens with two attached hydrogens (primary N) is 1. The molecule has 1 saturated heterocycles. The monoisotopic (exact) mass is 383 g/mol. The van der Waals surface area contributed by atoms with Gasteiger partial charge in [-0.05, 0) is 47.7 Å². The third-order valence-electron chi connectivity index (χ3n) is 3.49. The highest BCUT2D eigenvalue weighted by Crippen LogP contribution is 2.30. The van der Waals surface area contributed by atoms with Crippen LogP contribution < -0.4 is 20.5 Å². The Kier molecular flexibility index (Phi) is 5.77. The van der Waals surface area contributed by atoms with E-state index < -0.39 is 5.91 Å². The summed E-state index contributed by atoms with van der Waals surface area (Å²) in [4.78, 5) is 27.9. The first-order valence-electron chi connectivity index (χ1n) is 7.98. The molecule has 2 aromatic carbocycles. The van der Waals surface area contributed by atoms with E-state index in [9.17, 15) is 9.59 Å². The number of rotatable bonds is 6. The number of amides is 2. The van der Waals surface area contributed by atoms with Crippen molar-refractivity contribution in [3.8, 4) is 11.5 Å². The van der Waals surface area contributed by atoms with Crippen molar-refractivity contribution in [2.45, 2.75) is 0 Å². The summed E-state index contributed by atoms with van der Waals surface area (Å²) in [6, 6.07) is 14.4. The second-order valence-corrected chi connectivity index (χ2v) is 6.53. The molecule has 1 fully saturated rings. The van der Waals surface area contributed by atoms with Gasteiger partial charge >= 0.3 is 0 Å². The summed E-state index contributed by atoms with van der Waals surface area (Å²) in [6.07, 6.45) is 1.82. The number of primary amides is 1. The lowest BCUT2D eigenvalue weighted by Crippen LogP contribution is -2.20. The number of amidine groups is 1. The second kappa shape index (κ2) is 8.41. The first-order valence-corrected chi connectivity index (χ1v) is 8.80. The number of thioether (sulfide) groups is 1. The number of nitrogens with zero attached hydrogens (tertiary/aromatic N) is 1. The predicted molar refractivity (Wildman–Crippen MR) is 105 cm³/mol. The van der Waals surface area contributed by atoms with Crippen LogP contribution in [0.5, 0.6) is 11.5 Å². The summed E-state index contributed by atoms with van der Waals surface area (Å²) in [5, 5.41) is 2.53. The van der Waals surface area contributed by atoms with E-state index in [1.807, 2.05) is 30.3 Å². The zero-order chi connectivity index (χ0) is 19.2. The van der Waals surface area contributed by atoms with E-state index in [0.29, 0.717) is 27.9 Å². The lowest BCUT2D eigenvalue weighted by Gasteiger charge is -2.05. The number of hydrogen-bond acceptors (Lipinski definition) is 6. The third kappa shape index (κ3) is 5.11. The molecule has 0 unspecified atom stereocenters. The molecule has 3 rings (SSSR count). The molecule has 1 heterocycles. The second-order valence-electron chi connectivity index (χ2n) is 5.51. The topological polar surface area (TPSA) is 103 Å². The Bertz CT molecular complexity index is 940. The molecular formula is C19H17N3O4S. The molecule has 2 aromatic rings. The van der Waals surface area contributed by atoms with Gasteiger partial charge in [-0.3, -0.25) is 9.59 Å². The van der Waals surface area contributed by atoms with Crippen LogP contribution in [-0.4, -0.2) is 30.7 Å². The van der Waals surface area contributed by atoms with Crippen molar-refractivity contribution in [2.24, 2.45) is 10.7 Å². The minimum absolute atomic E-state index is 0.197. The summed E-state index contributed by atoms with van der Waals surface area (Å²) in [6.45, 7) is -0.197. The molecule has 1 aliphatic rings. The predicted octanol–water partition coefficient (Wildman–Crippen LogP) is 3.09. The molecule has 0 bridgehead atoms. The standard InChI is InChI=1S/C19H17N3O4S/c1-25-14-6-3-5-13(10-14)21-18-16(27-19(24)22-18)9-12-4-2-7-15(8-12)26-11-17(20)23/h2-10H,11H2,1H3,(H2,20,23)(H,21,22,24)/b16-9+. The van der Waals surface area contributed by atoms with Crippen molar-refractivity contribution in [1.29, 1.82) is 0 Å². The summed E-state index contributed by atoms with van der Waals surface area (Å²) in [5.74, 6) is 1.10. The zero-order valence-electron chi connectivity index (χ0n) is 14.5. The van der Waals surface area contributed by atoms with E-state index in [0.717, 1.165) is 17.3 Å². The minimum atomic E-state index is -0.549. The third-order valence-corrected chi connectivity index (χ3v) is 4.31. The molecule has 0 aromatic heterocycles. The summed E-state index contributed by atoms with van der Waals surface area (Å²) in [5.41, 5.74) is 6.55. The van der Waals surface area contributed by atoms with Crippen LogP contribution in [0.25, 0.3) is 6.08 Å². The number of hydrogen-bond donors (Lipinski definition) is 2. The molecule has 0 atom stereocenters. The number of carbonyl (C=O) groups excluding carboxylic acids is 2. The maximum atomic E-state index is 11.8. The number of ether oxygens (including phenoxy) is 2. The van der Waals surface area contributed by atoms with Gasteiger partial charge in [0.05, 0.1) is 17.7 Å². The molecule has 27 heavy (non-hydrogen) atoms. The van der Waals surface area contributed by atoms with Gasteiger partial charge in [0.25, 0.3) is 11.1 Å². The van der Waals surface area contributed by atoms with Crippen LogP contribution in [0.2, 0.25) is 0 Å². The first-order chi connectivity index (χ1) is 13.0. The number of methoxy groups -OCH3 is 1. The highest BCUT2D eigenvalue weighted by atomic mass is 32.2. The van der Waals surface area contributed by atoms with Gasteiger partial charge in [0.15, 0.2) is 6.61 Å². The Labute approximate surface area is 160 Å². The molecule has 8 heteroatoms. The van der Waals surface area contributed by atoms with Crippen molar-refractivity contribution in [3.63, 3.8) is 0 Å². The average molecular weight is 383 g/mol. The maximum Gasteiger partial charge on any atom is 0.289 e. The average Bonchev–Trinajstić information content (AvgIpc) is 2.99. The Morgan fingerprint density at radius 1 is 1.22 bits per heavy atom. The van der Waals surface area contributed by atoms with Gasteiger partial charge in [0, 0.05) is 6.07 Å². The number of carbonyl (C=O) groups is 2. The maximum absolute atomic E-state index is 11.8. The van der Waals surface area contributed by atoms with E-state index in [1.165, 1.54) is 0 Å². The molecule has 7 nitrogen and oxygen atoms in total. The quantitative estimate of drug-likeness (QED) is 0.798. The van der Waals surface area contributed by atoms with Gasteiger partial charge in [-0.25, -0.2) is 4.99 Å². The molecule has 0 spiro atoms. The van der Waals surface area contributed by atoms with Crippen LogP contribution in [0.4, 0.5) is 10.5 Å². The van der Waals surface area contributed by atoms with Crippen LogP contribution >= 0.6 is 11.8 Å². The fraction of sp³-hybridized carbons (Fsp3) is 0.105. The highest BCUT2D eigenvalue weighted by molar-refractivity contribution is 8.18. The summed E-state index contributed by atoms with van der Waals surface area (Å²) < 4.78 is 10.5. The molecule has 3 N–H and O–H groups in total. The Morgan fingerprint density at radius 3 is 2.78 bits per heavy atom. The van der Waals surface area contributed by atoms with Crippen LogP contribution in [-0.2, 0) is 4.79 Å². The van der Waals surface area contributed by atoms with Crippen LogP contribution in [0.15, 0.2) is 58.4 Å². The van der Waals surface area contributed by atoms with Crippen LogP contribution in [0.1, 0.15) is 5.56 Å². The zero-order valence-corrected chi connectivity index (χ0v) is 15.3. The largest absolute Gasteiger partial charge is 0.497 e. The van der Waals surface area contributed by atoms with Crippen molar-refractivity contribution >= 4 is 40.5 Å². The fourth-order valence-electron chi connectivity index (χ4n) is 2.32. The van der Waals surface area contributed by atoms with E-state index in [-0.39, 0.29) is 11.8 Å². The first kappa shape index (κ1) is 18.5. The number of nitrogens with one attached hydrogen (secondary N) is 1. The van der Waals surface area contributed by atoms with Crippen molar-refractivity contribution in [1.82, 2.24) is 5.32 Å². The normalized spacial score (nSPS) is 16.4. The molecule has 0 saturated carbocycles. The van der Waals surface area contributed by atoms with E-state index in [1.54, 1.807) is 31.4 Å². The molecule has 2 amide bonds. The van der Waals surface area contributed by atoms with E-state index in [4.69, 9.17) is 15.2 Å². The van der Waals surface area contributed by atoms with Crippen molar-refractivity contribution < 1.29 is 19.1 Å². The molecule has 0 radical (unpaired) electrons. The van der Waals surface area contributed by atoms with Gasteiger partial charge in [-0.15, -0.1) is 0 Å². The summed E-state index contributed by atoms with van der Waals surface area (Å²) >= 11 is 1.06. The van der Waals surface area contributed by atoms with Gasteiger partial charge in [-0.2, -0.15) is 0 Å². The van der Waals surface area contributed by atoms with Gasteiger partial charge < -0.3 is 20.5 Å². The van der Waals surface area contributed by atoms with E-state index >= 15 is 0 Å². The molecule has 0 aliphatic carbocycles. The van der Waals surface area contributed by atoms with Crippen LogP contribution in [0, 0.1) is 0 Å². The molecule has 1 aliphatic heterocycles. The Balaban J connectivity index is 1.87. The van der Waals surface area contributed by atoms with Crippen LogP contribution in [0.3, 0.4) is 0 Å². The number of benzene rings is 2. The number of aliphatic imine (C=N–C) groups is 1. The lowest BCUT2D eigenvalue weighted by atomic mass is 10.2. The van der Waals surface area contributed by atoms with E-state index in [2.05, 4.69) is 10.3 Å². The fourth-order valence-corrected chi connectivity index (χ4v) is 3.06. The SMILES string of the molecule is COc1cccc(N=C2NC(=O)S/C2=C/c2cccc(OCC(N)=O)c2)c1. The molecular weight excluding hydrogens is 366 g/mol. The van der Waals surface area contributed by atoms with Crippen molar-refractivity contribution in [2.75, 3.05) is 13.7 Å². The minimum Gasteiger partial charge on any atom is -0.497 e. The Hall–Kier alpha value is -3.26. The Morgan fingerprint density at radius 2 is 2.00 bits per heavy atom. The van der Waals surface area contributed by atoms with Gasteiger partial charge in [0.2, 0.25) is 0 Å². The lowest BCUT2D eigenvalue weighted by molar-refractivity contribution is -0.119.